The van der Waals surface area contributed by atoms with Crippen molar-refractivity contribution >= 4 is 34.8 Å². The van der Waals surface area contributed by atoms with E-state index in [1.807, 2.05) is 12.1 Å². The van der Waals surface area contributed by atoms with Crippen molar-refractivity contribution in [2.75, 3.05) is 11.9 Å². The molecule has 122 valence electrons. The van der Waals surface area contributed by atoms with Crippen LogP contribution in [0.4, 0.5) is 5.69 Å². The molecule has 4 nitrogen and oxygen atoms in total. The van der Waals surface area contributed by atoms with Crippen LogP contribution in [0, 0.1) is 0 Å². The third-order valence-corrected chi connectivity index (χ3v) is 4.49. The van der Waals surface area contributed by atoms with E-state index in [9.17, 15) is 4.79 Å². The highest BCUT2D eigenvalue weighted by Gasteiger charge is 2.29. The number of halogens is 2. The zero-order valence-corrected chi connectivity index (χ0v) is 14.1. The number of para-hydroxylation sites is 1. The van der Waals surface area contributed by atoms with Gasteiger partial charge in [-0.15, -0.1) is 0 Å². The fraction of sp³-hybridized carbons (Fsp3) is 0.353. The van der Waals surface area contributed by atoms with E-state index in [0.717, 1.165) is 12.3 Å². The second-order valence-electron chi connectivity index (χ2n) is 5.68. The van der Waals surface area contributed by atoms with Gasteiger partial charge in [-0.1, -0.05) is 29.3 Å². The Morgan fingerprint density at radius 1 is 1.22 bits per heavy atom. The first-order valence-electron chi connectivity index (χ1n) is 7.64. The van der Waals surface area contributed by atoms with Crippen molar-refractivity contribution in [1.29, 1.82) is 0 Å². The van der Waals surface area contributed by atoms with E-state index in [-0.39, 0.29) is 5.91 Å². The second-order valence-corrected chi connectivity index (χ2v) is 6.49. The van der Waals surface area contributed by atoms with Crippen LogP contribution < -0.4 is 5.32 Å². The number of anilines is 1. The minimum Gasteiger partial charge on any atom is -0.468 e. The molecule has 0 aliphatic heterocycles. The van der Waals surface area contributed by atoms with Gasteiger partial charge in [0.25, 0.3) is 0 Å². The minimum atomic E-state index is -0.0925. The zero-order valence-electron chi connectivity index (χ0n) is 12.6. The number of furan rings is 1. The van der Waals surface area contributed by atoms with Crippen LogP contribution in [-0.2, 0) is 11.3 Å². The Morgan fingerprint density at radius 2 is 1.96 bits per heavy atom. The van der Waals surface area contributed by atoms with Gasteiger partial charge in [0.1, 0.15) is 5.76 Å². The average Bonchev–Trinajstić information content (AvgIpc) is 3.24. The van der Waals surface area contributed by atoms with E-state index in [1.165, 1.54) is 12.8 Å². The summed E-state index contributed by atoms with van der Waals surface area (Å²) in [5, 5.41) is 3.69. The highest BCUT2D eigenvalue weighted by atomic mass is 35.5. The summed E-state index contributed by atoms with van der Waals surface area (Å²) in [5.74, 6) is 0.830. The summed E-state index contributed by atoms with van der Waals surface area (Å²) >= 11 is 12.1. The van der Waals surface area contributed by atoms with Crippen molar-refractivity contribution < 1.29 is 9.21 Å². The molecule has 1 amide bonds. The molecule has 6 heteroatoms. The van der Waals surface area contributed by atoms with Crippen LogP contribution in [0.25, 0.3) is 0 Å². The molecule has 0 atom stereocenters. The standard InChI is InChI=1S/C17H18Cl2N2O2/c18-14-4-1-5-15(19)17(14)20-16(22)8-9-21(12-6-7-12)11-13-3-2-10-23-13/h1-5,10,12H,6-9,11H2,(H,20,22). The van der Waals surface area contributed by atoms with Crippen molar-refractivity contribution in [3.8, 4) is 0 Å². The number of hydrogen-bond acceptors (Lipinski definition) is 3. The first kappa shape index (κ1) is 16.4. The number of nitrogens with one attached hydrogen (secondary N) is 1. The monoisotopic (exact) mass is 352 g/mol. The predicted octanol–water partition coefficient (Wildman–Crippen LogP) is 4.58. The molecule has 1 saturated carbocycles. The summed E-state index contributed by atoms with van der Waals surface area (Å²) in [7, 11) is 0. The van der Waals surface area contributed by atoms with Crippen molar-refractivity contribution in [3.05, 3.63) is 52.4 Å². The van der Waals surface area contributed by atoms with Crippen LogP contribution in [0.15, 0.2) is 41.0 Å². The maximum absolute atomic E-state index is 12.2. The molecule has 1 aromatic carbocycles. The van der Waals surface area contributed by atoms with Crippen molar-refractivity contribution in [3.63, 3.8) is 0 Å². The first-order valence-corrected chi connectivity index (χ1v) is 8.39. The topological polar surface area (TPSA) is 45.5 Å². The molecule has 1 aromatic heterocycles. The molecule has 2 aromatic rings. The molecule has 0 unspecified atom stereocenters. The predicted molar refractivity (Wildman–Crippen MR) is 91.8 cm³/mol. The van der Waals surface area contributed by atoms with E-state index in [0.29, 0.717) is 34.7 Å². The molecular weight excluding hydrogens is 335 g/mol. The van der Waals surface area contributed by atoms with Crippen LogP contribution in [0.2, 0.25) is 10.0 Å². The molecule has 1 aliphatic carbocycles. The normalized spacial score (nSPS) is 14.2. The summed E-state index contributed by atoms with van der Waals surface area (Å²) in [6, 6.07) is 9.55. The highest BCUT2D eigenvalue weighted by Crippen LogP contribution is 2.31. The number of carbonyl (C=O) groups excluding carboxylic acids is 1. The average molecular weight is 353 g/mol. The summed E-state index contributed by atoms with van der Waals surface area (Å²) < 4.78 is 5.40. The lowest BCUT2D eigenvalue weighted by molar-refractivity contribution is -0.116. The molecule has 0 spiro atoms. The molecule has 23 heavy (non-hydrogen) atoms. The summed E-state index contributed by atoms with van der Waals surface area (Å²) in [4.78, 5) is 14.5. The fourth-order valence-corrected chi connectivity index (χ4v) is 2.99. The molecular formula is C17H18Cl2N2O2. The molecule has 1 fully saturated rings. The maximum atomic E-state index is 12.2. The van der Waals surface area contributed by atoms with Gasteiger partial charge in [0.15, 0.2) is 0 Å². The Balaban J connectivity index is 1.55. The lowest BCUT2D eigenvalue weighted by atomic mass is 10.3. The quantitative estimate of drug-likeness (QED) is 0.793. The van der Waals surface area contributed by atoms with Gasteiger partial charge in [0, 0.05) is 19.0 Å². The third-order valence-electron chi connectivity index (χ3n) is 3.86. The molecule has 0 bridgehead atoms. The highest BCUT2D eigenvalue weighted by molar-refractivity contribution is 6.39. The van der Waals surface area contributed by atoms with Crippen molar-refractivity contribution in [2.24, 2.45) is 0 Å². The Morgan fingerprint density at radius 3 is 2.57 bits per heavy atom. The Kier molecular flexibility index (Phi) is 5.26. The van der Waals surface area contributed by atoms with Gasteiger partial charge in [0.05, 0.1) is 28.5 Å². The number of hydrogen-bond donors (Lipinski definition) is 1. The lowest BCUT2D eigenvalue weighted by Gasteiger charge is -2.20. The Hall–Kier alpha value is -1.49. The largest absolute Gasteiger partial charge is 0.468 e. The zero-order chi connectivity index (χ0) is 16.2. The van der Waals surface area contributed by atoms with Crippen LogP contribution in [-0.4, -0.2) is 23.4 Å². The summed E-state index contributed by atoms with van der Waals surface area (Å²) in [5.41, 5.74) is 0.477. The van der Waals surface area contributed by atoms with E-state index < -0.39 is 0 Å². The van der Waals surface area contributed by atoms with Crippen molar-refractivity contribution in [2.45, 2.75) is 31.8 Å². The van der Waals surface area contributed by atoms with Crippen molar-refractivity contribution in [1.82, 2.24) is 4.90 Å². The van der Waals surface area contributed by atoms with Gasteiger partial charge in [-0.25, -0.2) is 0 Å². The third kappa shape index (κ3) is 4.50. The number of benzene rings is 1. The van der Waals surface area contributed by atoms with Crippen LogP contribution in [0.1, 0.15) is 25.0 Å². The lowest BCUT2D eigenvalue weighted by Crippen LogP contribution is -2.29. The fourth-order valence-electron chi connectivity index (χ4n) is 2.50. The van der Waals surface area contributed by atoms with Gasteiger partial charge in [-0.2, -0.15) is 0 Å². The van der Waals surface area contributed by atoms with Crippen LogP contribution in [0.5, 0.6) is 0 Å². The van der Waals surface area contributed by atoms with Gasteiger partial charge >= 0.3 is 0 Å². The first-order chi connectivity index (χ1) is 11.1. The molecule has 0 radical (unpaired) electrons. The molecule has 1 heterocycles. The molecule has 3 rings (SSSR count). The number of carbonyl (C=O) groups is 1. The summed E-state index contributed by atoms with van der Waals surface area (Å²) in [6.07, 6.45) is 4.42. The van der Waals surface area contributed by atoms with E-state index in [4.69, 9.17) is 27.6 Å². The molecule has 1 N–H and O–H groups in total. The van der Waals surface area contributed by atoms with E-state index in [1.54, 1.807) is 24.5 Å². The Labute approximate surface area is 145 Å². The maximum Gasteiger partial charge on any atom is 0.225 e. The SMILES string of the molecule is O=C(CCN(Cc1ccco1)C1CC1)Nc1c(Cl)cccc1Cl. The number of nitrogens with zero attached hydrogens (tertiary/aromatic N) is 1. The number of amides is 1. The van der Waals surface area contributed by atoms with Gasteiger partial charge in [0.2, 0.25) is 5.91 Å². The van der Waals surface area contributed by atoms with Crippen LogP contribution in [0.3, 0.4) is 0 Å². The number of rotatable bonds is 7. The van der Waals surface area contributed by atoms with E-state index in [2.05, 4.69) is 10.2 Å². The van der Waals surface area contributed by atoms with Gasteiger partial charge in [-0.3, -0.25) is 9.69 Å². The molecule has 0 saturated heterocycles. The van der Waals surface area contributed by atoms with Crippen LogP contribution >= 0.6 is 23.2 Å². The smallest absolute Gasteiger partial charge is 0.225 e. The van der Waals surface area contributed by atoms with Gasteiger partial charge in [-0.05, 0) is 37.1 Å². The summed E-state index contributed by atoms with van der Waals surface area (Å²) in [6.45, 7) is 1.41. The second kappa shape index (κ2) is 7.39. The molecule has 1 aliphatic rings. The van der Waals surface area contributed by atoms with Gasteiger partial charge < -0.3 is 9.73 Å². The van der Waals surface area contributed by atoms with E-state index >= 15 is 0 Å². The Bertz CT molecular complexity index is 649. The minimum absolute atomic E-state index is 0.0925.